The minimum Gasteiger partial charge on any atom is -0.348 e. The molecule has 2 saturated carbocycles. The van der Waals surface area contributed by atoms with Crippen molar-refractivity contribution in [1.29, 1.82) is 0 Å². The molecule has 25 heavy (non-hydrogen) atoms. The monoisotopic (exact) mass is 388 g/mol. The summed E-state index contributed by atoms with van der Waals surface area (Å²) in [5.74, 6) is 3.34. The largest absolute Gasteiger partial charge is 0.348 e. The Morgan fingerprint density at radius 2 is 1.76 bits per heavy atom. The fourth-order valence-corrected chi connectivity index (χ4v) is 5.12. The Morgan fingerprint density at radius 1 is 1.12 bits per heavy atom. The second-order valence-corrected chi connectivity index (χ2v) is 7.77. The summed E-state index contributed by atoms with van der Waals surface area (Å²) in [5.41, 5.74) is 6.36. The van der Waals surface area contributed by atoms with Gasteiger partial charge in [0, 0.05) is 43.4 Å². The van der Waals surface area contributed by atoms with Crippen molar-refractivity contribution in [3.05, 3.63) is 18.2 Å². The molecule has 0 spiro atoms. The van der Waals surface area contributed by atoms with Crippen molar-refractivity contribution >= 4 is 30.7 Å². The van der Waals surface area contributed by atoms with Gasteiger partial charge in [0.25, 0.3) is 0 Å². The highest BCUT2D eigenvalue weighted by Gasteiger charge is 2.42. The van der Waals surface area contributed by atoms with Crippen LogP contribution >= 0.6 is 24.8 Å². The van der Waals surface area contributed by atoms with Gasteiger partial charge in [-0.05, 0) is 50.4 Å². The first-order valence-corrected chi connectivity index (χ1v) is 9.26. The van der Waals surface area contributed by atoms with Crippen molar-refractivity contribution < 1.29 is 4.79 Å². The predicted molar refractivity (Wildman–Crippen MR) is 103 cm³/mol. The zero-order valence-corrected chi connectivity index (χ0v) is 16.2. The fraction of sp³-hybridized carbons (Fsp3) is 0.778. The molecule has 1 saturated heterocycles. The molecule has 1 aromatic rings. The summed E-state index contributed by atoms with van der Waals surface area (Å²) < 4.78 is 0. The van der Waals surface area contributed by atoms with Gasteiger partial charge in [-0.1, -0.05) is 6.42 Å². The lowest BCUT2D eigenvalue weighted by Gasteiger charge is -2.45. The lowest BCUT2D eigenvalue weighted by atomic mass is 9.65. The molecule has 4 rings (SSSR count). The number of carbonyl (C=O) groups excluding carboxylic acids is 1. The SMILES string of the molecule is Cl.Cl.NC1C2CCCC1CC(C(=O)N1CCC(c3ncc[nH]3)CC1)C2. The summed E-state index contributed by atoms with van der Waals surface area (Å²) in [7, 11) is 0. The molecule has 3 fully saturated rings. The van der Waals surface area contributed by atoms with E-state index in [1.54, 1.807) is 0 Å². The maximum absolute atomic E-state index is 12.9. The van der Waals surface area contributed by atoms with Crippen molar-refractivity contribution in [2.75, 3.05) is 13.1 Å². The molecule has 3 N–H and O–H groups in total. The lowest BCUT2D eigenvalue weighted by Crippen LogP contribution is -2.50. The number of nitrogens with one attached hydrogen (secondary N) is 1. The molecule has 2 bridgehead atoms. The molecule has 2 unspecified atom stereocenters. The van der Waals surface area contributed by atoms with Crippen LogP contribution in [0.1, 0.15) is 56.7 Å². The maximum Gasteiger partial charge on any atom is 0.225 e. The number of nitrogens with two attached hydrogens (primary N) is 1. The highest BCUT2D eigenvalue weighted by Crippen LogP contribution is 2.42. The van der Waals surface area contributed by atoms with E-state index in [-0.39, 0.29) is 30.7 Å². The number of piperidine rings is 1. The predicted octanol–water partition coefficient (Wildman–Crippen LogP) is 3.11. The van der Waals surface area contributed by atoms with Gasteiger partial charge in [-0.25, -0.2) is 4.98 Å². The van der Waals surface area contributed by atoms with E-state index in [4.69, 9.17) is 5.73 Å². The Labute approximate surface area is 162 Å². The van der Waals surface area contributed by atoms with Crippen LogP contribution in [0.15, 0.2) is 12.4 Å². The normalized spacial score (nSPS) is 32.4. The number of aromatic nitrogens is 2. The zero-order chi connectivity index (χ0) is 15.8. The van der Waals surface area contributed by atoms with Gasteiger partial charge in [-0.3, -0.25) is 4.79 Å². The van der Waals surface area contributed by atoms with Crippen LogP contribution in [0.2, 0.25) is 0 Å². The van der Waals surface area contributed by atoms with E-state index in [0.29, 0.717) is 29.7 Å². The van der Waals surface area contributed by atoms with Crippen LogP contribution in [-0.2, 0) is 4.79 Å². The van der Waals surface area contributed by atoms with Crippen LogP contribution in [0.3, 0.4) is 0 Å². The minimum atomic E-state index is 0. The Hall–Kier alpha value is -0.780. The van der Waals surface area contributed by atoms with Gasteiger partial charge < -0.3 is 15.6 Å². The van der Waals surface area contributed by atoms with E-state index < -0.39 is 0 Å². The molecule has 1 aliphatic heterocycles. The number of imidazole rings is 1. The zero-order valence-electron chi connectivity index (χ0n) is 14.6. The average molecular weight is 389 g/mol. The molecule has 142 valence electrons. The lowest BCUT2D eigenvalue weighted by molar-refractivity contribution is -0.139. The minimum absolute atomic E-state index is 0. The third-order valence-corrected chi connectivity index (χ3v) is 6.47. The molecular formula is C18H30Cl2N4O. The van der Waals surface area contributed by atoms with Crippen molar-refractivity contribution in [2.45, 2.75) is 56.9 Å². The smallest absolute Gasteiger partial charge is 0.225 e. The van der Waals surface area contributed by atoms with Crippen molar-refractivity contribution in [3.8, 4) is 0 Å². The summed E-state index contributed by atoms with van der Waals surface area (Å²) in [4.78, 5) is 22.6. The van der Waals surface area contributed by atoms with Crippen LogP contribution < -0.4 is 5.73 Å². The molecule has 2 heterocycles. The third kappa shape index (κ3) is 4.15. The first-order chi connectivity index (χ1) is 11.2. The van der Waals surface area contributed by atoms with Crippen LogP contribution in [0.4, 0.5) is 0 Å². The topological polar surface area (TPSA) is 75.0 Å². The van der Waals surface area contributed by atoms with E-state index in [0.717, 1.165) is 44.6 Å². The van der Waals surface area contributed by atoms with Crippen LogP contribution in [0, 0.1) is 17.8 Å². The standard InChI is InChI=1S/C18H28N4O.2ClH/c19-16-13-2-1-3-14(16)11-15(10-13)18(23)22-8-4-12(5-9-22)17-20-6-7-21-17;;/h6-7,12-16H,1-5,8-11,19H2,(H,20,21);2*1H. The highest BCUT2D eigenvalue weighted by molar-refractivity contribution is 5.85. The van der Waals surface area contributed by atoms with Crippen LogP contribution in [-0.4, -0.2) is 39.9 Å². The number of H-pyrrole nitrogens is 1. The summed E-state index contributed by atoms with van der Waals surface area (Å²) in [6.07, 6.45) is 11.6. The number of fused-ring (bicyclic) bond motifs is 2. The van der Waals surface area contributed by atoms with Crippen molar-refractivity contribution in [3.63, 3.8) is 0 Å². The number of nitrogens with zero attached hydrogens (tertiary/aromatic N) is 2. The van der Waals surface area contributed by atoms with E-state index in [9.17, 15) is 4.79 Å². The Kier molecular flexibility index (Phi) is 7.18. The highest BCUT2D eigenvalue weighted by atomic mass is 35.5. The summed E-state index contributed by atoms with van der Waals surface area (Å²) in [6.45, 7) is 1.75. The van der Waals surface area contributed by atoms with Gasteiger partial charge in [0.2, 0.25) is 5.91 Å². The van der Waals surface area contributed by atoms with E-state index in [1.807, 2.05) is 12.4 Å². The molecule has 0 aromatic carbocycles. The van der Waals surface area contributed by atoms with E-state index in [2.05, 4.69) is 14.9 Å². The summed E-state index contributed by atoms with van der Waals surface area (Å²) >= 11 is 0. The molecule has 1 aromatic heterocycles. The number of rotatable bonds is 2. The Bertz CT molecular complexity index is 531. The number of carbonyl (C=O) groups is 1. The number of amides is 1. The number of aromatic amines is 1. The number of hydrogen-bond acceptors (Lipinski definition) is 3. The van der Waals surface area contributed by atoms with Crippen molar-refractivity contribution in [2.24, 2.45) is 23.5 Å². The molecule has 3 aliphatic rings. The molecule has 2 aliphatic carbocycles. The van der Waals surface area contributed by atoms with Gasteiger partial charge in [0.1, 0.15) is 5.82 Å². The Balaban J connectivity index is 0.00000113. The first-order valence-electron chi connectivity index (χ1n) is 9.26. The third-order valence-electron chi connectivity index (χ3n) is 6.47. The summed E-state index contributed by atoms with van der Waals surface area (Å²) in [5, 5.41) is 0. The average Bonchev–Trinajstić information content (AvgIpc) is 3.08. The maximum atomic E-state index is 12.9. The number of hydrogen-bond donors (Lipinski definition) is 2. The molecule has 5 nitrogen and oxygen atoms in total. The van der Waals surface area contributed by atoms with Gasteiger partial charge in [0.05, 0.1) is 0 Å². The van der Waals surface area contributed by atoms with Crippen molar-refractivity contribution in [1.82, 2.24) is 14.9 Å². The van der Waals surface area contributed by atoms with Crippen LogP contribution in [0.25, 0.3) is 0 Å². The van der Waals surface area contributed by atoms with Gasteiger partial charge in [-0.2, -0.15) is 0 Å². The van der Waals surface area contributed by atoms with E-state index in [1.165, 1.54) is 19.3 Å². The molecule has 7 heteroatoms. The Morgan fingerprint density at radius 3 is 2.32 bits per heavy atom. The molecular weight excluding hydrogens is 359 g/mol. The van der Waals surface area contributed by atoms with Gasteiger partial charge in [0.15, 0.2) is 0 Å². The molecule has 1 amide bonds. The van der Waals surface area contributed by atoms with Crippen LogP contribution in [0.5, 0.6) is 0 Å². The number of likely N-dealkylation sites (tertiary alicyclic amines) is 1. The second-order valence-electron chi connectivity index (χ2n) is 7.77. The fourth-order valence-electron chi connectivity index (χ4n) is 5.12. The second kappa shape index (κ2) is 8.74. The first kappa shape index (κ1) is 20.5. The molecule has 0 radical (unpaired) electrons. The summed E-state index contributed by atoms with van der Waals surface area (Å²) in [6, 6.07) is 0.345. The van der Waals surface area contributed by atoms with Gasteiger partial charge in [-0.15, -0.1) is 24.8 Å². The number of halogens is 2. The quantitative estimate of drug-likeness (QED) is 0.816. The van der Waals surface area contributed by atoms with E-state index >= 15 is 0 Å². The van der Waals surface area contributed by atoms with Gasteiger partial charge >= 0.3 is 0 Å². The molecule has 2 atom stereocenters.